The minimum Gasteiger partial charge on any atom is -0.376 e. The molecular weight excluding hydrogens is 386 g/mol. The summed E-state index contributed by atoms with van der Waals surface area (Å²) in [5.74, 6) is -0.289. The lowest BCUT2D eigenvalue weighted by atomic mass is 9.40. The van der Waals surface area contributed by atoms with Crippen molar-refractivity contribution in [3.05, 3.63) is 35.9 Å². The normalized spacial score (nSPS) is 43.5. The van der Waals surface area contributed by atoms with Crippen LogP contribution in [0, 0.1) is 23.2 Å². The maximum absolute atomic E-state index is 14.0. The van der Waals surface area contributed by atoms with Gasteiger partial charge in [0.15, 0.2) is 0 Å². The van der Waals surface area contributed by atoms with Crippen LogP contribution in [0.2, 0.25) is 0 Å². The molecule has 0 aromatic heterocycles. The molecule has 158 valence electrons. The van der Waals surface area contributed by atoms with Crippen LogP contribution in [0.1, 0.15) is 63.4 Å². The number of hydrogen-bond acceptors (Lipinski definition) is 2. The highest BCUT2D eigenvalue weighted by Crippen LogP contribution is 2.68. The fourth-order valence-corrected chi connectivity index (χ4v) is 8.00. The SMILES string of the molecule is NC1CCC(NC(=S)C23CC4CC(c5ccccc5)(CC(C2)C4C(F)F)C3)CC1. The second-order valence-electron chi connectivity index (χ2n) is 10.4. The summed E-state index contributed by atoms with van der Waals surface area (Å²) in [7, 11) is 0. The second-order valence-corrected chi connectivity index (χ2v) is 10.8. The van der Waals surface area contributed by atoms with Crippen LogP contribution in [0.4, 0.5) is 8.78 Å². The molecule has 2 nitrogen and oxygen atoms in total. The van der Waals surface area contributed by atoms with Crippen molar-refractivity contribution >= 4 is 17.2 Å². The van der Waals surface area contributed by atoms with Gasteiger partial charge < -0.3 is 11.1 Å². The summed E-state index contributed by atoms with van der Waals surface area (Å²) in [6.07, 6.45) is 6.48. The Kier molecular flexibility index (Phi) is 4.98. The van der Waals surface area contributed by atoms with E-state index in [0.717, 1.165) is 62.8 Å². The molecule has 0 radical (unpaired) electrons. The van der Waals surface area contributed by atoms with E-state index in [1.807, 2.05) is 6.07 Å². The number of nitrogens with two attached hydrogens (primary N) is 1. The van der Waals surface area contributed by atoms with Crippen LogP contribution in [0.3, 0.4) is 0 Å². The van der Waals surface area contributed by atoms with Gasteiger partial charge in [-0.2, -0.15) is 0 Å². The Balaban J connectivity index is 1.44. The van der Waals surface area contributed by atoms with E-state index in [2.05, 4.69) is 29.6 Å². The highest BCUT2D eigenvalue weighted by molar-refractivity contribution is 7.80. The third-order valence-electron chi connectivity index (χ3n) is 8.64. The Labute approximate surface area is 178 Å². The van der Waals surface area contributed by atoms with Gasteiger partial charge in [-0.15, -0.1) is 0 Å². The zero-order valence-corrected chi connectivity index (χ0v) is 17.8. The van der Waals surface area contributed by atoms with E-state index >= 15 is 0 Å². The number of benzene rings is 1. The summed E-state index contributed by atoms with van der Waals surface area (Å²) in [5.41, 5.74) is 7.30. The molecule has 0 aliphatic heterocycles. The molecule has 6 rings (SSSR count). The molecule has 0 spiro atoms. The number of thiocarbonyl (C=S) groups is 1. The van der Waals surface area contributed by atoms with Gasteiger partial charge in [-0.05, 0) is 80.6 Å². The molecule has 5 saturated carbocycles. The maximum atomic E-state index is 14.0. The van der Waals surface area contributed by atoms with Gasteiger partial charge >= 0.3 is 0 Å². The molecule has 5 heteroatoms. The number of nitrogens with one attached hydrogen (secondary N) is 1. The Hall–Kier alpha value is -1.07. The molecule has 29 heavy (non-hydrogen) atoms. The Bertz CT molecular complexity index is 743. The first-order valence-electron chi connectivity index (χ1n) is 11.3. The van der Waals surface area contributed by atoms with E-state index in [1.54, 1.807) is 0 Å². The number of hydrogen-bond donors (Lipinski definition) is 2. The van der Waals surface area contributed by atoms with Gasteiger partial charge in [0, 0.05) is 23.4 Å². The maximum Gasteiger partial charge on any atom is 0.241 e. The van der Waals surface area contributed by atoms with Crippen molar-refractivity contribution in [2.24, 2.45) is 28.9 Å². The summed E-state index contributed by atoms with van der Waals surface area (Å²) in [6, 6.07) is 11.3. The first kappa shape index (κ1) is 19.9. The fraction of sp³-hybridized carbons (Fsp3) is 0.708. The number of rotatable bonds is 4. The standard InChI is InChI=1S/C24H32F2N2S/c25-21(26)20-15-10-23(17-4-2-1-3-5-17)11-16(20)13-24(12-15,14-23)22(29)28-19-8-6-18(27)7-9-19/h1-5,15-16,18-21H,6-14,27H2,(H,28,29). The largest absolute Gasteiger partial charge is 0.376 e. The van der Waals surface area contributed by atoms with Crippen molar-refractivity contribution < 1.29 is 8.78 Å². The van der Waals surface area contributed by atoms with Crippen molar-refractivity contribution in [1.29, 1.82) is 0 Å². The van der Waals surface area contributed by atoms with E-state index in [9.17, 15) is 8.78 Å². The average Bonchev–Trinajstić information content (AvgIpc) is 2.69. The summed E-state index contributed by atoms with van der Waals surface area (Å²) in [4.78, 5) is 0.959. The van der Waals surface area contributed by atoms with Gasteiger partial charge in [0.05, 0.1) is 4.99 Å². The van der Waals surface area contributed by atoms with E-state index in [-0.39, 0.29) is 22.7 Å². The topological polar surface area (TPSA) is 38.0 Å². The van der Waals surface area contributed by atoms with Crippen LogP contribution in [0.25, 0.3) is 0 Å². The van der Waals surface area contributed by atoms with Crippen LogP contribution in [-0.4, -0.2) is 23.5 Å². The molecule has 2 unspecified atom stereocenters. The van der Waals surface area contributed by atoms with Crippen LogP contribution in [0.5, 0.6) is 0 Å². The fourth-order valence-electron chi connectivity index (χ4n) is 7.59. The van der Waals surface area contributed by atoms with Gasteiger partial charge in [-0.3, -0.25) is 0 Å². The molecule has 0 heterocycles. The molecule has 0 saturated heterocycles. The lowest BCUT2D eigenvalue weighted by Crippen LogP contribution is -2.63. The van der Waals surface area contributed by atoms with Crippen molar-refractivity contribution in [2.75, 3.05) is 0 Å². The molecule has 2 atom stereocenters. The smallest absolute Gasteiger partial charge is 0.241 e. The van der Waals surface area contributed by atoms with Gasteiger partial charge in [0.1, 0.15) is 0 Å². The molecular formula is C24H32F2N2S. The zero-order valence-electron chi connectivity index (χ0n) is 17.0. The van der Waals surface area contributed by atoms with E-state index in [1.165, 1.54) is 5.56 Å². The van der Waals surface area contributed by atoms with Crippen molar-refractivity contribution in [3.8, 4) is 0 Å². The minimum absolute atomic E-state index is 0.0130. The predicted molar refractivity (Wildman–Crippen MR) is 116 cm³/mol. The van der Waals surface area contributed by atoms with Gasteiger partial charge in [-0.1, -0.05) is 42.5 Å². The lowest BCUT2D eigenvalue weighted by Gasteiger charge is -2.65. The van der Waals surface area contributed by atoms with Crippen LogP contribution in [-0.2, 0) is 5.41 Å². The first-order chi connectivity index (χ1) is 13.9. The summed E-state index contributed by atoms with van der Waals surface area (Å²) in [6.45, 7) is 0. The third kappa shape index (κ3) is 3.33. The monoisotopic (exact) mass is 418 g/mol. The van der Waals surface area contributed by atoms with Crippen LogP contribution < -0.4 is 11.1 Å². The highest BCUT2D eigenvalue weighted by Gasteiger charge is 2.64. The molecule has 5 aliphatic rings. The molecule has 1 aromatic carbocycles. The first-order valence-corrected chi connectivity index (χ1v) is 11.7. The van der Waals surface area contributed by atoms with Gasteiger partial charge in [-0.25, -0.2) is 8.78 Å². The zero-order chi connectivity index (χ0) is 20.2. The molecule has 0 amide bonds. The molecule has 5 aliphatic carbocycles. The molecule has 4 bridgehead atoms. The second kappa shape index (κ2) is 7.26. The quantitative estimate of drug-likeness (QED) is 0.660. The van der Waals surface area contributed by atoms with Crippen molar-refractivity contribution in [1.82, 2.24) is 5.32 Å². The van der Waals surface area contributed by atoms with Gasteiger partial charge in [0.25, 0.3) is 0 Å². The van der Waals surface area contributed by atoms with Gasteiger partial charge in [0.2, 0.25) is 6.43 Å². The number of halogens is 2. The third-order valence-corrected chi connectivity index (χ3v) is 9.19. The van der Waals surface area contributed by atoms with Crippen LogP contribution in [0.15, 0.2) is 30.3 Å². The Morgan fingerprint density at radius 2 is 1.62 bits per heavy atom. The van der Waals surface area contributed by atoms with Crippen molar-refractivity contribution in [3.63, 3.8) is 0 Å². The molecule has 1 aromatic rings. The molecule has 5 fully saturated rings. The lowest BCUT2D eigenvalue weighted by molar-refractivity contribution is -0.131. The Morgan fingerprint density at radius 1 is 1.00 bits per heavy atom. The van der Waals surface area contributed by atoms with Crippen LogP contribution >= 0.6 is 12.2 Å². The van der Waals surface area contributed by atoms with E-state index in [0.29, 0.717) is 12.1 Å². The van der Waals surface area contributed by atoms with E-state index in [4.69, 9.17) is 18.0 Å². The minimum atomic E-state index is -2.21. The molecule has 3 N–H and O–H groups in total. The van der Waals surface area contributed by atoms with Crippen molar-refractivity contribution in [2.45, 2.75) is 81.7 Å². The summed E-state index contributed by atoms with van der Waals surface area (Å²) >= 11 is 6.03. The summed E-state index contributed by atoms with van der Waals surface area (Å²) < 4.78 is 28.0. The highest BCUT2D eigenvalue weighted by atomic mass is 32.1. The number of alkyl halides is 2. The predicted octanol–water partition coefficient (Wildman–Crippen LogP) is 5.20. The van der Waals surface area contributed by atoms with E-state index < -0.39 is 12.3 Å². The average molecular weight is 419 g/mol. The summed E-state index contributed by atoms with van der Waals surface area (Å²) in [5, 5.41) is 3.70. The Morgan fingerprint density at radius 3 is 2.21 bits per heavy atom.